The summed E-state index contributed by atoms with van der Waals surface area (Å²) in [6.07, 6.45) is 2.06. The summed E-state index contributed by atoms with van der Waals surface area (Å²) in [6, 6.07) is 4.48. The van der Waals surface area contributed by atoms with Gasteiger partial charge in [-0.3, -0.25) is 0 Å². The van der Waals surface area contributed by atoms with E-state index in [1.807, 2.05) is 0 Å². The van der Waals surface area contributed by atoms with Gasteiger partial charge in [-0.15, -0.1) is 11.3 Å². The van der Waals surface area contributed by atoms with Crippen LogP contribution < -0.4 is 5.73 Å². The van der Waals surface area contributed by atoms with E-state index in [1.165, 1.54) is 4.88 Å². The van der Waals surface area contributed by atoms with Crippen LogP contribution in [0.15, 0.2) is 27.5 Å². The van der Waals surface area contributed by atoms with E-state index >= 15 is 0 Å². The Labute approximate surface area is 119 Å². The summed E-state index contributed by atoms with van der Waals surface area (Å²) < 4.78 is 0. The monoisotopic (exact) mass is 278 g/mol. The Bertz CT molecular complexity index is 464. The van der Waals surface area contributed by atoms with E-state index < -0.39 is 0 Å². The molecule has 0 saturated carbocycles. The third kappa shape index (κ3) is 3.80. The molecule has 0 bridgehead atoms. The summed E-state index contributed by atoms with van der Waals surface area (Å²) in [7, 11) is 2.07. The van der Waals surface area contributed by atoms with Crippen LogP contribution in [-0.2, 0) is 6.54 Å². The molecule has 4 nitrogen and oxygen atoms in total. The van der Waals surface area contributed by atoms with Crippen LogP contribution in [-0.4, -0.2) is 29.8 Å². The molecular formula is C14H22N4S. The Morgan fingerprint density at radius 3 is 2.95 bits per heavy atom. The fraction of sp³-hybridized carbons (Fsp3) is 0.571. The zero-order valence-electron chi connectivity index (χ0n) is 11.8. The highest BCUT2D eigenvalue weighted by Gasteiger charge is 2.18. The van der Waals surface area contributed by atoms with Gasteiger partial charge in [0.1, 0.15) is 5.84 Å². The van der Waals surface area contributed by atoms with Crippen molar-refractivity contribution in [1.29, 1.82) is 0 Å². The number of rotatable bonds is 2. The Balaban J connectivity index is 2.11. The van der Waals surface area contributed by atoms with E-state index in [9.17, 15) is 0 Å². The molecule has 104 valence electrons. The van der Waals surface area contributed by atoms with Gasteiger partial charge in [0.25, 0.3) is 0 Å². The highest BCUT2D eigenvalue weighted by atomic mass is 32.1. The van der Waals surface area contributed by atoms with Crippen LogP contribution in [0.25, 0.3) is 0 Å². The molecule has 2 unspecified atom stereocenters. The molecule has 1 aliphatic rings. The molecule has 2 rings (SSSR count). The molecule has 19 heavy (non-hydrogen) atoms. The summed E-state index contributed by atoms with van der Waals surface area (Å²) in [5, 5.41) is 2.10. The largest absolute Gasteiger partial charge is 0.368 e. The van der Waals surface area contributed by atoms with E-state index in [0.29, 0.717) is 11.9 Å². The Morgan fingerprint density at radius 1 is 1.47 bits per heavy atom. The molecular weight excluding hydrogens is 256 g/mol. The maximum atomic E-state index is 5.90. The molecule has 5 heteroatoms. The molecule has 2 N–H and O–H groups in total. The van der Waals surface area contributed by atoms with Crippen LogP contribution in [0.5, 0.6) is 0 Å². The first-order valence-electron chi connectivity index (χ1n) is 6.70. The number of amidine groups is 1. The third-order valence-corrected chi connectivity index (χ3v) is 4.50. The second-order valence-corrected chi connectivity index (χ2v) is 6.24. The number of nitrogens with two attached hydrogens (primary N) is 1. The van der Waals surface area contributed by atoms with Crippen molar-refractivity contribution in [3.63, 3.8) is 0 Å². The second-order valence-electron chi connectivity index (χ2n) is 5.21. The summed E-state index contributed by atoms with van der Waals surface area (Å²) >= 11 is 1.77. The van der Waals surface area contributed by atoms with Crippen LogP contribution in [0.2, 0.25) is 0 Å². The topological polar surface area (TPSA) is 54.0 Å². The van der Waals surface area contributed by atoms with E-state index in [0.717, 1.165) is 25.2 Å². The number of thiophene rings is 1. The number of guanidine groups is 1. The normalized spacial score (nSPS) is 24.2. The van der Waals surface area contributed by atoms with Crippen LogP contribution in [0.1, 0.15) is 31.6 Å². The minimum Gasteiger partial charge on any atom is -0.368 e. The predicted molar refractivity (Wildman–Crippen MR) is 82.7 cm³/mol. The fourth-order valence-electron chi connectivity index (χ4n) is 2.15. The molecule has 0 radical (unpaired) electrons. The van der Waals surface area contributed by atoms with Crippen molar-refractivity contribution >= 4 is 23.1 Å². The van der Waals surface area contributed by atoms with Crippen molar-refractivity contribution in [2.24, 2.45) is 21.6 Å². The van der Waals surface area contributed by atoms with Gasteiger partial charge in [-0.25, -0.2) is 9.98 Å². The van der Waals surface area contributed by atoms with Crippen molar-refractivity contribution in [1.82, 2.24) is 4.90 Å². The van der Waals surface area contributed by atoms with Gasteiger partial charge in [0.2, 0.25) is 5.96 Å². The lowest BCUT2D eigenvalue weighted by Crippen LogP contribution is -2.31. The van der Waals surface area contributed by atoms with Crippen molar-refractivity contribution in [3.8, 4) is 0 Å². The molecule has 0 saturated heterocycles. The fourth-order valence-corrected chi connectivity index (χ4v) is 2.91. The summed E-state index contributed by atoms with van der Waals surface area (Å²) in [4.78, 5) is 12.4. The van der Waals surface area contributed by atoms with Crippen LogP contribution in [0, 0.1) is 5.92 Å². The lowest BCUT2D eigenvalue weighted by atomic mass is 9.97. The molecule has 0 aromatic carbocycles. The maximum absolute atomic E-state index is 5.90. The van der Waals surface area contributed by atoms with E-state index in [4.69, 9.17) is 5.73 Å². The highest BCUT2D eigenvalue weighted by Crippen LogP contribution is 2.18. The van der Waals surface area contributed by atoms with Crippen LogP contribution in [0.3, 0.4) is 0 Å². The second kappa shape index (κ2) is 6.19. The van der Waals surface area contributed by atoms with Gasteiger partial charge in [0.05, 0.1) is 12.6 Å². The molecule has 0 amide bonds. The van der Waals surface area contributed by atoms with Gasteiger partial charge in [-0.2, -0.15) is 0 Å². The van der Waals surface area contributed by atoms with Gasteiger partial charge in [0, 0.05) is 18.3 Å². The first-order valence-corrected chi connectivity index (χ1v) is 7.58. The lowest BCUT2D eigenvalue weighted by Gasteiger charge is -2.25. The maximum Gasteiger partial charge on any atom is 0.217 e. The van der Waals surface area contributed by atoms with E-state index in [2.05, 4.69) is 53.3 Å². The standard InChI is InChI=1S/C14H22N4S/c1-10-6-7-13(17-14(15)16-11(10)2)18(3)9-12-5-4-8-19-12/h4-5,8,10-11H,6-7,9H2,1-3H3,(H2,15,16). The SMILES string of the molecule is CC1CCC(N(C)Cc2cccs2)=NC(N)=NC1C. The van der Waals surface area contributed by atoms with Crippen LogP contribution in [0.4, 0.5) is 0 Å². The quantitative estimate of drug-likeness (QED) is 0.904. The van der Waals surface area contributed by atoms with Gasteiger partial charge in [-0.05, 0) is 30.7 Å². The lowest BCUT2D eigenvalue weighted by molar-refractivity contribution is 0.433. The average molecular weight is 278 g/mol. The molecule has 2 heterocycles. The molecule has 1 aromatic rings. The summed E-state index contributed by atoms with van der Waals surface area (Å²) in [5.74, 6) is 1.99. The molecule has 0 spiro atoms. The first-order chi connectivity index (χ1) is 9.06. The zero-order chi connectivity index (χ0) is 13.8. The molecule has 1 aromatic heterocycles. The number of aliphatic imine (C=N–C) groups is 2. The van der Waals surface area contributed by atoms with Crippen molar-refractivity contribution in [2.45, 2.75) is 39.3 Å². The van der Waals surface area contributed by atoms with Gasteiger partial charge < -0.3 is 10.6 Å². The molecule has 0 fully saturated rings. The minimum atomic E-state index is 0.257. The smallest absolute Gasteiger partial charge is 0.217 e. The predicted octanol–water partition coefficient (Wildman–Crippen LogP) is 2.71. The van der Waals surface area contributed by atoms with Gasteiger partial charge in [0.15, 0.2) is 0 Å². The average Bonchev–Trinajstić information content (AvgIpc) is 2.85. The first kappa shape index (κ1) is 14.1. The van der Waals surface area contributed by atoms with E-state index in [-0.39, 0.29) is 6.04 Å². The Hall–Kier alpha value is -1.36. The van der Waals surface area contributed by atoms with Gasteiger partial charge >= 0.3 is 0 Å². The Morgan fingerprint density at radius 2 is 2.26 bits per heavy atom. The van der Waals surface area contributed by atoms with Gasteiger partial charge in [-0.1, -0.05) is 13.0 Å². The number of hydrogen-bond donors (Lipinski definition) is 1. The summed E-state index contributed by atoms with van der Waals surface area (Å²) in [6.45, 7) is 5.21. The van der Waals surface area contributed by atoms with Crippen molar-refractivity contribution in [3.05, 3.63) is 22.4 Å². The Kier molecular flexibility index (Phi) is 4.58. The van der Waals surface area contributed by atoms with Crippen molar-refractivity contribution < 1.29 is 0 Å². The highest BCUT2D eigenvalue weighted by molar-refractivity contribution is 7.09. The number of nitrogens with zero attached hydrogens (tertiary/aromatic N) is 3. The molecule has 1 aliphatic heterocycles. The molecule has 0 aliphatic carbocycles. The third-order valence-electron chi connectivity index (χ3n) is 3.64. The summed E-state index contributed by atoms with van der Waals surface area (Å²) in [5.41, 5.74) is 5.90. The number of hydrogen-bond acceptors (Lipinski definition) is 5. The van der Waals surface area contributed by atoms with Crippen molar-refractivity contribution in [2.75, 3.05) is 7.05 Å². The van der Waals surface area contributed by atoms with E-state index in [1.54, 1.807) is 11.3 Å². The zero-order valence-corrected chi connectivity index (χ0v) is 12.7. The minimum absolute atomic E-state index is 0.257. The molecule has 2 atom stereocenters. The van der Waals surface area contributed by atoms with Crippen LogP contribution >= 0.6 is 11.3 Å².